The molecule has 0 aliphatic rings. The number of amides is 1. The maximum atomic E-state index is 10.9. The van der Waals surface area contributed by atoms with E-state index in [1.807, 2.05) is 6.07 Å². The van der Waals surface area contributed by atoms with Gasteiger partial charge in [-0.15, -0.1) is 11.3 Å². The Morgan fingerprint density at radius 1 is 1.73 bits per heavy atom. The number of rotatable bonds is 2. The van der Waals surface area contributed by atoms with Crippen molar-refractivity contribution in [3.05, 3.63) is 21.9 Å². The minimum Gasteiger partial charge on any atom is -0.289 e. The lowest BCUT2D eigenvalue weighted by Crippen LogP contribution is -2.29. The smallest absolute Gasteiger partial charge is 0.275 e. The van der Waals surface area contributed by atoms with E-state index in [4.69, 9.17) is 5.84 Å². The third kappa shape index (κ3) is 1.78. The van der Waals surface area contributed by atoms with Crippen LogP contribution in [0.2, 0.25) is 0 Å². The van der Waals surface area contributed by atoms with Crippen molar-refractivity contribution in [3.63, 3.8) is 0 Å². The van der Waals surface area contributed by atoms with Gasteiger partial charge in [-0.1, -0.05) is 6.92 Å². The topological polar surface area (TPSA) is 55.1 Å². The number of nitrogen functional groups attached to an aromatic ring is 1. The van der Waals surface area contributed by atoms with Gasteiger partial charge in [0.15, 0.2) is 0 Å². The van der Waals surface area contributed by atoms with Crippen molar-refractivity contribution in [1.82, 2.24) is 5.43 Å². The number of carbonyl (C=O) groups is 1. The van der Waals surface area contributed by atoms with Crippen LogP contribution in [0, 0.1) is 0 Å². The summed E-state index contributed by atoms with van der Waals surface area (Å²) in [6.07, 6.45) is 0.961. The SMILES string of the molecule is CCc1ccc(C(=O)NN)s1. The molecule has 1 heterocycles. The average molecular weight is 170 g/mol. The Morgan fingerprint density at radius 3 is 2.91 bits per heavy atom. The maximum Gasteiger partial charge on any atom is 0.275 e. The summed E-state index contributed by atoms with van der Waals surface area (Å²) < 4.78 is 0. The third-order valence-electron chi connectivity index (χ3n) is 1.36. The zero-order valence-electron chi connectivity index (χ0n) is 6.26. The van der Waals surface area contributed by atoms with Crippen LogP contribution in [0.4, 0.5) is 0 Å². The number of aryl methyl sites for hydroxylation is 1. The van der Waals surface area contributed by atoms with Gasteiger partial charge in [-0.25, -0.2) is 5.84 Å². The lowest BCUT2D eigenvalue weighted by molar-refractivity contribution is 0.0957. The number of nitrogens with one attached hydrogen (secondary N) is 1. The van der Waals surface area contributed by atoms with Crippen LogP contribution in [-0.2, 0) is 6.42 Å². The first-order valence-corrected chi connectivity index (χ1v) is 4.19. The Hall–Kier alpha value is -0.870. The maximum absolute atomic E-state index is 10.9. The highest BCUT2D eigenvalue weighted by Gasteiger charge is 2.05. The van der Waals surface area contributed by atoms with Gasteiger partial charge >= 0.3 is 0 Å². The van der Waals surface area contributed by atoms with Gasteiger partial charge in [-0.3, -0.25) is 10.2 Å². The van der Waals surface area contributed by atoms with E-state index in [-0.39, 0.29) is 5.91 Å². The van der Waals surface area contributed by atoms with Crippen molar-refractivity contribution in [1.29, 1.82) is 0 Å². The summed E-state index contributed by atoms with van der Waals surface area (Å²) in [5.41, 5.74) is 2.09. The average Bonchev–Trinajstić information content (AvgIpc) is 2.50. The second-order valence-electron chi connectivity index (χ2n) is 2.09. The van der Waals surface area contributed by atoms with E-state index in [0.717, 1.165) is 6.42 Å². The molecule has 1 amide bonds. The Bertz CT molecular complexity index is 257. The molecule has 0 aliphatic carbocycles. The molecule has 1 aromatic heterocycles. The summed E-state index contributed by atoms with van der Waals surface area (Å²) in [4.78, 5) is 12.8. The van der Waals surface area contributed by atoms with Gasteiger partial charge in [-0.05, 0) is 18.6 Å². The lowest BCUT2D eigenvalue weighted by Gasteiger charge is -1.91. The number of hydrogen-bond donors (Lipinski definition) is 2. The van der Waals surface area contributed by atoms with Crippen LogP contribution in [0.25, 0.3) is 0 Å². The standard InChI is InChI=1S/C7H10N2OS/c1-2-5-3-4-6(11-5)7(10)9-8/h3-4H,2,8H2,1H3,(H,9,10). The summed E-state index contributed by atoms with van der Waals surface area (Å²) in [6, 6.07) is 3.72. The molecule has 0 bridgehead atoms. The van der Waals surface area contributed by atoms with E-state index in [1.165, 1.54) is 16.2 Å². The highest BCUT2D eigenvalue weighted by molar-refractivity contribution is 7.14. The predicted molar refractivity (Wildman–Crippen MR) is 45.4 cm³/mol. The van der Waals surface area contributed by atoms with Crippen molar-refractivity contribution in [2.45, 2.75) is 13.3 Å². The highest BCUT2D eigenvalue weighted by Crippen LogP contribution is 2.15. The second kappa shape index (κ2) is 3.50. The van der Waals surface area contributed by atoms with Crippen LogP contribution in [-0.4, -0.2) is 5.91 Å². The third-order valence-corrected chi connectivity index (χ3v) is 2.59. The first kappa shape index (κ1) is 8.23. The highest BCUT2D eigenvalue weighted by atomic mass is 32.1. The molecule has 0 spiro atoms. The van der Waals surface area contributed by atoms with Crippen LogP contribution in [0.5, 0.6) is 0 Å². The summed E-state index contributed by atoms with van der Waals surface area (Å²) in [6.45, 7) is 2.05. The van der Waals surface area contributed by atoms with Crippen molar-refractivity contribution in [2.75, 3.05) is 0 Å². The minimum absolute atomic E-state index is 0.213. The summed E-state index contributed by atoms with van der Waals surface area (Å²) in [5.74, 6) is 4.75. The number of thiophene rings is 1. The molecule has 0 saturated heterocycles. The molecule has 0 unspecified atom stereocenters. The van der Waals surface area contributed by atoms with Gasteiger partial charge in [-0.2, -0.15) is 0 Å². The molecule has 60 valence electrons. The number of hydrazine groups is 1. The number of carbonyl (C=O) groups excluding carboxylic acids is 1. The monoisotopic (exact) mass is 170 g/mol. The Morgan fingerprint density at radius 2 is 2.45 bits per heavy atom. The molecular formula is C7H10N2OS. The van der Waals surface area contributed by atoms with Crippen LogP contribution < -0.4 is 11.3 Å². The van der Waals surface area contributed by atoms with Crippen LogP contribution in [0.15, 0.2) is 12.1 Å². The van der Waals surface area contributed by atoms with Crippen molar-refractivity contribution in [3.8, 4) is 0 Å². The fourth-order valence-corrected chi connectivity index (χ4v) is 1.61. The quantitative estimate of drug-likeness (QED) is 0.394. The summed E-state index contributed by atoms with van der Waals surface area (Å²) in [5, 5.41) is 0. The van der Waals surface area contributed by atoms with Crippen LogP contribution >= 0.6 is 11.3 Å². The van der Waals surface area contributed by atoms with E-state index >= 15 is 0 Å². The van der Waals surface area contributed by atoms with Crippen molar-refractivity contribution < 1.29 is 4.79 Å². The first-order chi connectivity index (χ1) is 5.27. The molecule has 3 N–H and O–H groups in total. The number of hydrogen-bond acceptors (Lipinski definition) is 3. The fraction of sp³-hybridized carbons (Fsp3) is 0.286. The van der Waals surface area contributed by atoms with E-state index in [0.29, 0.717) is 4.88 Å². The van der Waals surface area contributed by atoms with Crippen LogP contribution in [0.1, 0.15) is 21.5 Å². The van der Waals surface area contributed by atoms with Crippen LogP contribution in [0.3, 0.4) is 0 Å². The molecule has 0 atom stereocenters. The second-order valence-corrected chi connectivity index (χ2v) is 3.26. The van der Waals surface area contributed by atoms with Gasteiger partial charge < -0.3 is 0 Å². The molecule has 3 nitrogen and oxygen atoms in total. The normalized spacial score (nSPS) is 9.64. The van der Waals surface area contributed by atoms with Crippen molar-refractivity contribution >= 4 is 17.2 Å². The molecule has 0 saturated carbocycles. The van der Waals surface area contributed by atoms with Gasteiger partial charge in [0, 0.05) is 4.88 Å². The van der Waals surface area contributed by atoms with Crippen molar-refractivity contribution in [2.24, 2.45) is 5.84 Å². The first-order valence-electron chi connectivity index (χ1n) is 3.37. The molecule has 0 radical (unpaired) electrons. The Balaban J connectivity index is 2.80. The largest absolute Gasteiger partial charge is 0.289 e. The zero-order valence-corrected chi connectivity index (χ0v) is 7.07. The Kier molecular flexibility index (Phi) is 2.62. The number of nitrogens with two attached hydrogens (primary N) is 1. The zero-order chi connectivity index (χ0) is 8.27. The molecule has 0 aromatic carbocycles. The molecule has 4 heteroatoms. The fourth-order valence-electron chi connectivity index (χ4n) is 0.761. The Labute approximate surface area is 69.2 Å². The van der Waals surface area contributed by atoms with E-state index in [9.17, 15) is 4.79 Å². The summed E-state index contributed by atoms with van der Waals surface area (Å²) in [7, 11) is 0. The molecule has 0 fully saturated rings. The van der Waals surface area contributed by atoms with Gasteiger partial charge in [0.25, 0.3) is 5.91 Å². The van der Waals surface area contributed by atoms with Gasteiger partial charge in [0.05, 0.1) is 4.88 Å². The minimum atomic E-state index is -0.213. The lowest BCUT2D eigenvalue weighted by atomic mass is 10.3. The van der Waals surface area contributed by atoms with E-state index in [1.54, 1.807) is 6.07 Å². The molecular weight excluding hydrogens is 160 g/mol. The van der Waals surface area contributed by atoms with E-state index < -0.39 is 0 Å². The van der Waals surface area contributed by atoms with Gasteiger partial charge in [0.2, 0.25) is 0 Å². The van der Waals surface area contributed by atoms with Gasteiger partial charge in [0.1, 0.15) is 0 Å². The summed E-state index contributed by atoms with van der Waals surface area (Å²) >= 11 is 1.47. The molecule has 0 aliphatic heterocycles. The predicted octanol–water partition coefficient (Wildman–Crippen LogP) is 0.914. The van der Waals surface area contributed by atoms with E-state index in [2.05, 4.69) is 12.3 Å². The molecule has 1 aromatic rings. The molecule has 1 rings (SSSR count). The molecule has 11 heavy (non-hydrogen) atoms.